The van der Waals surface area contributed by atoms with Gasteiger partial charge in [0, 0.05) is 6.54 Å². The Bertz CT molecular complexity index is 337. The fourth-order valence-corrected chi connectivity index (χ4v) is 3.55. The number of aliphatic hydroxyl groups excluding tert-OH is 1. The van der Waals surface area contributed by atoms with E-state index in [0.717, 1.165) is 19.3 Å². The van der Waals surface area contributed by atoms with Crippen molar-refractivity contribution in [3.05, 3.63) is 0 Å². The third-order valence-corrected chi connectivity index (χ3v) is 5.41. The molecule has 0 aliphatic rings. The van der Waals surface area contributed by atoms with E-state index in [4.69, 9.17) is 20.6 Å². The molecule has 0 aromatic rings. The van der Waals surface area contributed by atoms with Gasteiger partial charge < -0.3 is 20.6 Å². The molecule has 0 aromatic heterocycles. The predicted molar refractivity (Wildman–Crippen MR) is 123 cm³/mol. The summed E-state index contributed by atoms with van der Waals surface area (Å²) in [5.74, 6) is 0. The molecule has 0 saturated carbocycles. The molecule has 6 nitrogen and oxygen atoms in total. The van der Waals surface area contributed by atoms with Crippen molar-refractivity contribution in [2.24, 2.45) is 5.73 Å². The first-order chi connectivity index (χ1) is 14.0. The third kappa shape index (κ3) is 35.8. The number of unbranched alkanes of at least 4 members (excludes halogenated alkanes) is 17. The molecular formula is C22H50NO5P. The smallest absolute Gasteiger partial charge is 0.395 e. The Labute approximate surface area is 180 Å². The molecule has 0 heterocycles. The molecule has 0 atom stereocenters. The van der Waals surface area contributed by atoms with Gasteiger partial charge in [0.2, 0.25) is 0 Å². The summed E-state index contributed by atoms with van der Waals surface area (Å²) >= 11 is 0. The summed E-state index contributed by atoms with van der Waals surface area (Å²) in [6, 6.07) is 0. The van der Waals surface area contributed by atoms with E-state index in [9.17, 15) is 4.57 Å². The molecule has 5 N–H and O–H groups in total. The van der Waals surface area contributed by atoms with Crippen LogP contribution in [0, 0.1) is 0 Å². The Kier molecular flexibility index (Phi) is 28.1. The van der Waals surface area contributed by atoms with Crippen LogP contribution in [0.4, 0.5) is 0 Å². The second kappa shape index (κ2) is 26.1. The van der Waals surface area contributed by atoms with Crippen LogP contribution >= 0.6 is 7.82 Å². The average Bonchev–Trinajstić information content (AvgIpc) is 2.69. The first-order valence-electron chi connectivity index (χ1n) is 12.0. The van der Waals surface area contributed by atoms with Gasteiger partial charge >= 0.3 is 7.82 Å². The highest BCUT2D eigenvalue weighted by Gasteiger charge is 2.12. The molecule has 7 heteroatoms. The van der Waals surface area contributed by atoms with Crippen LogP contribution in [-0.2, 0) is 9.09 Å². The molecule has 0 spiro atoms. The molecule has 178 valence electrons. The number of hydrogen-bond donors (Lipinski definition) is 4. The Morgan fingerprint density at radius 2 is 0.931 bits per heavy atom. The van der Waals surface area contributed by atoms with Gasteiger partial charge in [-0.1, -0.05) is 116 Å². The third-order valence-electron chi connectivity index (χ3n) is 4.89. The summed E-state index contributed by atoms with van der Waals surface area (Å²) in [5.41, 5.74) is 4.78. The van der Waals surface area contributed by atoms with E-state index in [-0.39, 0.29) is 13.2 Å². The molecule has 0 bridgehead atoms. The van der Waals surface area contributed by atoms with E-state index >= 15 is 0 Å². The van der Waals surface area contributed by atoms with E-state index in [1.165, 1.54) is 96.3 Å². The van der Waals surface area contributed by atoms with Crippen LogP contribution in [0.2, 0.25) is 0 Å². The number of hydrogen-bond acceptors (Lipinski definition) is 4. The molecule has 0 aromatic carbocycles. The monoisotopic (exact) mass is 439 g/mol. The van der Waals surface area contributed by atoms with Gasteiger partial charge in [0.1, 0.15) is 0 Å². The normalized spacial score (nSPS) is 11.3. The van der Waals surface area contributed by atoms with Gasteiger partial charge in [0.15, 0.2) is 0 Å². The van der Waals surface area contributed by atoms with Crippen LogP contribution < -0.4 is 5.73 Å². The second-order valence-electron chi connectivity index (χ2n) is 7.85. The van der Waals surface area contributed by atoms with Crippen molar-refractivity contribution >= 4 is 7.82 Å². The quantitative estimate of drug-likeness (QED) is 0.127. The van der Waals surface area contributed by atoms with Crippen LogP contribution in [0.5, 0.6) is 0 Å². The van der Waals surface area contributed by atoms with Crippen molar-refractivity contribution < 1.29 is 24.0 Å². The predicted octanol–water partition coefficient (Wildman–Crippen LogP) is 6.07. The van der Waals surface area contributed by atoms with Gasteiger partial charge in [-0.2, -0.15) is 0 Å². The maximum atomic E-state index is 10.5. The van der Waals surface area contributed by atoms with Crippen LogP contribution in [0.15, 0.2) is 0 Å². The number of nitrogens with two attached hydrogens (primary N) is 1. The van der Waals surface area contributed by atoms with E-state index in [1.54, 1.807) is 0 Å². The molecule has 0 unspecified atom stereocenters. The topological polar surface area (TPSA) is 113 Å². The van der Waals surface area contributed by atoms with E-state index < -0.39 is 7.82 Å². The Morgan fingerprint density at radius 1 is 0.655 bits per heavy atom. The number of phosphoric acid groups is 1. The molecule has 0 fully saturated rings. The van der Waals surface area contributed by atoms with E-state index in [1.807, 2.05) is 0 Å². The van der Waals surface area contributed by atoms with Gasteiger partial charge in [-0.05, 0) is 6.42 Å². The van der Waals surface area contributed by atoms with Crippen molar-refractivity contribution in [2.75, 3.05) is 19.8 Å². The van der Waals surface area contributed by atoms with Crippen LogP contribution in [-0.4, -0.2) is 34.7 Å². The Hall–Kier alpha value is 0.0300. The van der Waals surface area contributed by atoms with Gasteiger partial charge in [0.05, 0.1) is 13.2 Å². The summed E-state index contributed by atoms with van der Waals surface area (Å²) in [4.78, 5) is 17.1. The minimum absolute atomic E-state index is 0.0972. The summed E-state index contributed by atoms with van der Waals surface area (Å²) in [6.45, 7) is 2.91. The number of rotatable bonds is 21. The van der Waals surface area contributed by atoms with Crippen LogP contribution in [0.1, 0.15) is 122 Å². The first kappa shape index (κ1) is 31.2. The highest BCUT2D eigenvalue weighted by atomic mass is 31.2. The van der Waals surface area contributed by atoms with Crippen molar-refractivity contribution in [1.82, 2.24) is 0 Å². The molecule has 0 aliphatic carbocycles. The maximum absolute atomic E-state index is 10.5. The minimum Gasteiger partial charge on any atom is -0.395 e. The Morgan fingerprint density at radius 3 is 1.17 bits per heavy atom. The van der Waals surface area contributed by atoms with Crippen molar-refractivity contribution in [1.29, 1.82) is 0 Å². The lowest BCUT2D eigenvalue weighted by Crippen LogP contribution is -2.02. The first-order valence-corrected chi connectivity index (χ1v) is 13.5. The van der Waals surface area contributed by atoms with Crippen LogP contribution in [0.25, 0.3) is 0 Å². The van der Waals surface area contributed by atoms with Crippen molar-refractivity contribution in [3.63, 3.8) is 0 Å². The average molecular weight is 440 g/mol. The molecule has 0 rings (SSSR count). The van der Waals surface area contributed by atoms with E-state index in [2.05, 4.69) is 11.4 Å². The molecule has 0 aliphatic heterocycles. The number of aliphatic hydroxyl groups is 1. The molecular weight excluding hydrogens is 389 g/mol. The summed E-state index contributed by atoms with van der Waals surface area (Å²) in [7, 11) is -4.26. The standard InChI is InChI=1S/C20H43O4P.C2H7NO/c1-2-3-4-5-6-7-8-9-10-11-12-13-14-15-16-17-18-19-20-24-25(21,22)23;3-1-2-4/h2-20H2,1H3,(H2,21,22,23);4H,1-3H2. The zero-order valence-corrected chi connectivity index (χ0v) is 19.9. The summed E-state index contributed by atoms with van der Waals surface area (Å²) in [6.07, 6.45) is 23.6. The minimum atomic E-state index is -4.26. The zero-order chi connectivity index (χ0) is 22.1. The molecule has 0 radical (unpaired) electrons. The lowest BCUT2D eigenvalue weighted by Gasteiger charge is -2.05. The zero-order valence-electron chi connectivity index (χ0n) is 19.0. The summed E-state index contributed by atoms with van der Waals surface area (Å²) in [5, 5.41) is 7.75. The van der Waals surface area contributed by atoms with Crippen LogP contribution in [0.3, 0.4) is 0 Å². The largest absolute Gasteiger partial charge is 0.469 e. The van der Waals surface area contributed by atoms with Crippen molar-refractivity contribution in [3.8, 4) is 0 Å². The fourth-order valence-electron chi connectivity index (χ4n) is 3.19. The van der Waals surface area contributed by atoms with Gasteiger partial charge in [0.25, 0.3) is 0 Å². The highest BCUT2D eigenvalue weighted by molar-refractivity contribution is 7.46. The molecule has 29 heavy (non-hydrogen) atoms. The number of phosphoric ester groups is 1. The van der Waals surface area contributed by atoms with Gasteiger partial charge in [-0.3, -0.25) is 4.52 Å². The Balaban J connectivity index is 0. The van der Waals surface area contributed by atoms with Crippen molar-refractivity contribution in [2.45, 2.75) is 122 Å². The fraction of sp³-hybridized carbons (Fsp3) is 1.00. The maximum Gasteiger partial charge on any atom is 0.469 e. The summed E-state index contributed by atoms with van der Waals surface area (Å²) < 4.78 is 14.9. The van der Waals surface area contributed by atoms with E-state index in [0.29, 0.717) is 6.54 Å². The second-order valence-corrected chi connectivity index (χ2v) is 9.09. The lowest BCUT2D eigenvalue weighted by molar-refractivity contribution is 0.193. The molecule has 0 amide bonds. The van der Waals surface area contributed by atoms with Gasteiger partial charge in [-0.15, -0.1) is 0 Å². The SMILES string of the molecule is CCCCCCCCCCCCCCCCCCCCOP(=O)(O)O.NCCO. The van der Waals surface area contributed by atoms with Gasteiger partial charge in [-0.25, -0.2) is 4.57 Å². The highest BCUT2D eigenvalue weighted by Crippen LogP contribution is 2.35. The molecule has 0 saturated heterocycles. The lowest BCUT2D eigenvalue weighted by atomic mass is 10.0.